The molecule has 1 fully saturated rings. The quantitative estimate of drug-likeness (QED) is 0.868. The molecule has 1 unspecified atom stereocenters. The van der Waals surface area contributed by atoms with Crippen molar-refractivity contribution >= 4 is 29.3 Å². The number of nitrogens with zero attached hydrogens (tertiary/aromatic N) is 1. The van der Waals surface area contributed by atoms with Crippen molar-refractivity contribution in [3.05, 3.63) is 28.8 Å². The first kappa shape index (κ1) is 15.7. The van der Waals surface area contributed by atoms with Crippen LogP contribution in [0.5, 0.6) is 0 Å². The maximum absolute atomic E-state index is 12.6. The highest BCUT2D eigenvalue weighted by Crippen LogP contribution is 2.26. The van der Waals surface area contributed by atoms with E-state index in [0.717, 1.165) is 30.8 Å². The van der Waals surface area contributed by atoms with Crippen molar-refractivity contribution in [2.24, 2.45) is 11.7 Å². The Hall–Kier alpha value is -0.710. The number of hydrogen-bond acceptors (Lipinski definition) is 3. The molecule has 0 spiro atoms. The predicted octanol–water partition coefficient (Wildman–Crippen LogP) is 3.26. The van der Waals surface area contributed by atoms with Crippen LogP contribution in [0.3, 0.4) is 0 Å². The molecule has 2 rings (SSSR count). The highest BCUT2D eigenvalue weighted by Gasteiger charge is 2.25. The zero-order chi connectivity index (χ0) is 14.5. The smallest absolute Gasteiger partial charge is 0.255 e. The SMILES string of the molecule is CSc1ccc(Cl)c(C(=O)N2CCCC(CCN)C2)c1. The van der Waals surface area contributed by atoms with E-state index in [-0.39, 0.29) is 5.91 Å². The summed E-state index contributed by atoms with van der Waals surface area (Å²) in [5.41, 5.74) is 6.24. The average molecular weight is 313 g/mol. The normalized spacial score (nSPS) is 19.1. The molecule has 1 amide bonds. The molecule has 5 heteroatoms. The molecule has 2 N–H and O–H groups in total. The number of benzene rings is 1. The predicted molar refractivity (Wildman–Crippen MR) is 85.5 cm³/mol. The minimum atomic E-state index is 0.0487. The molecule has 3 nitrogen and oxygen atoms in total. The highest BCUT2D eigenvalue weighted by atomic mass is 35.5. The fraction of sp³-hybridized carbons (Fsp3) is 0.533. The van der Waals surface area contributed by atoms with Crippen LogP contribution >= 0.6 is 23.4 Å². The van der Waals surface area contributed by atoms with Gasteiger partial charge in [-0.25, -0.2) is 0 Å². The summed E-state index contributed by atoms with van der Waals surface area (Å²) in [5.74, 6) is 0.577. The molecule has 1 heterocycles. The molecular formula is C15H21ClN2OS. The van der Waals surface area contributed by atoms with Gasteiger partial charge in [0.2, 0.25) is 0 Å². The molecule has 20 heavy (non-hydrogen) atoms. The molecule has 0 radical (unpaired) electrons. The zero-order valence-corrected chi connectivity index (χ0v) is 13.3. The summed E-state index contributed by atoms with van der Waals surface area (Å²) in [6.45, 7) is 2.31. The second kappa shape index (κ2) is 7.34. The van der Waals surface area contributed by atoms with Crippen molar-refractivity contribution in [1.82, 2.24) is 4.90 Å². The molecule has 1 aromatic carbocycles. The van der Waals surface area contributed by atoms with E-state index in [1.807, 2.05) is 29.4 Å². The summed E-state index contributed by atoms with van der Waals surface area (Å²) >= 11 is 7.81. The molecule has 110 valence electrons. The van der Waals surface area contributed by atoms with E-state index in [0.29, 0.717) is 23.0 Å². The Balaban J connectivity index is 2.14. The molecule has 1 aliphatic rings. The molecule has 0 aliphatic carbocycles. The molecule has 1 aliphatic heterocycles. The maximum Gasteiger partial charge on any atom is 0.255 e. The number of piperidine rings is 1. The lowest BCUT2D eigenvalue weighted by Crippen LogP contribution is -2.40. The van der Waals surface area contributed by atoms with Gasteiger partial charge in [0.15, 0.2) is 0 Å². The van der Waals surface area contributed by atoms with Crippen molar-refractivity contribution in [2.75, 3.05) is 25.9 Å². The first-order chi connectivity index (χ1) is 9.65. The van der Waals surface area contributed by atoms with Crippen LogP contribution in [0.4, 0.5) is 0 Å². The van der Waals surface area contributed by atoms with E-state index in [1.54, 1.807) is 11.8 Å². The van der Waals surface area contributed by atoms with E-state index >= 15 is 0 Å². The third kappa shape index (κ3) is 3.68. The first-order valence-corrected chi connectivity index (χ1v) is 8.59. The fourth-order valence-electron chi connectivity index (χ4n) is 2.69. The van der Waals surface area contributed by atoms with Crippen LogP contribution in [0.15, 0.2) is 23.1 Å². The number of likely N-dealkylation sites (tertiary alicyclic amines) is 1. The van der Waals surface area contributed by atoms with Gasteiger partial charge in [-0.3, -0.25) is 4.79 Å². The zero-order valence-electron chi connectivity index (χ0n) is 11.8. The first-order valence-electron chi connectivity index (χ1n) is 6.98. The van der Waals surface area contributed by atoms with Crippen molar-refractivity contribution in [2.45, 2.75) is 24.2 Å². The number of nitrogens with two attached hydrogens (primary N) is 1. The van der Waals surface area contributed by atoms with Crippen molar-refractivity contribution in [1.29, 1.82) is 0 Å². The van der Waals surface area contributed by atoms with Crippen molar-refractivity contribution in [3.63, 3.8) is 0 Å². The summed E-state index contributed by atoms with van der Waals surface area (Å²) in [5, 5.41) is 0.536. The van der Waals surface area contributed by atoms with Gasteiger partial charge in [0.1, 0.15) is 0 Å². The molecule has 1 atom stereocenters. The minimum Gasteiger partial charge on any atom is -0.338 e. The van der Waals surface area contributed by atoms with Crippen LogP contribution in [0.25, 0.3) is 0 Å². The Morgan fingerprint density at radius 3 is 3.05 bits per heavy atom. The van der Waals surface area contributed by atoms with Crippen LogP contribution in [-0.2, 0) is 0 Å². The van der Waals surface area contributed by atoms with Crippen LogP contribution in [0.1, 0.15) is 29.6 Å². The number of amides is 1. The van der Waals surface area contributed by atoms with Crippen molar-refractivity contribution in [3.8, 4) is 0 Å². The number of rotatable bonds is 4. The van der Waals surface area contributed by atoms with Gasteiger partial charge in [-0.1, -0.05) is 11.6 Å². The standard InChI is InChI=1S/C15H21ClN2OS/c1-20-12-4-5-14(16)13(9-12)15(19)18-8-2-3-11(10-18)6-7-17/h4-5,9,11H,2-3,6-8,10,17H2,1H3. The maximum atomic E-state index is 12.6. The second-order valence-corrected chi connectivity index (χ2v) is 6.47. The van der Waals surface area contributed by atoms with Gasteiger partial charge in [-0.2, -0.15) is 0 Å². The number of hydrogen-bond donors (Lipinski definition) is 1. The van der Waals surface area contributed by atoms with E-state index < -0.39 is 0 Å². The molecular weight excluding hydrogens is 292 g/mol. The summed E-state index contributed by atoms with van der Waals surface area (Å²) in [7, 11) is 0. The largest absolute Gasteiger partial charge is 0.338 e. The monoisotopic (exact) mass is 312 g/mol. The van der Waals surface area contributed by atoms with Crippen LogP contribution < -0.4 is 5.73 Å². The number of carbonyl (C=O) groups excluding carboxylic acids is 1. The number of halogens is 1. The Labute approximate surface area is 129 Å². The lowest BCUT2D eigenvalue weighted by molar-refractivity contribution is 0.0669. The number of carbonyl (C=O) groups is 1. The Morgan fingerprint density at radius 1 is 1.55 bits per heavy atom. The van der Waals surface area contributed by atoms with Gasteiger partial charge in [0.05, 0.1) is 10.6 Å². The summed E-state index contributed by atoms with van der Waals surface area (Å²) < 4.78 is 0. The van der Waals surface area contributed by atoms with E-state index in [1.165, 1.54) is 6.42 Å². The van der Waals surface area contributed by atoms with Gasteiger partial charge in [0.25, 0.3) is 5.91 Å². The van der Waals surface area contributed by atoms with E-state index in [4.69, 9.17) is 17.3 Å². The van der Waals surface area contributed by atoms with Crippen LogP contribution in [0, 0.1) is 5.92 Å². The van der Waals surface area contributed by atoms with Gasteiger partial charge < -0.3 is 10.6 Å². The average Bonchev–Trinajstić information content (AvgIpc) is 2.48. The third-order valence-corrected chi connectivity index (χ3v) is 4.84. The molecule has 0 aromatic heterocycles. The minimum absolute atomic E-state index is 0.0487. The lowest BCUT2D eigenvalue weighted by Gasteiger charge is -2.33. The molecule has 0 bridgehead atoms. The lowest BCUT2D eigenvalue weighted by atomic mass is 9.94. The van der Waals surface area contributed by atoms with Gasteiger partial charge in [0, 0.05) is 18.0 Å². The Morgan fingerprint density at radius 2 is 2.35 bits per heavy atom. The third-order valence-electron chi connectivity index (χ3n) is 3.79. The molecule has 0 saturated carbocycles. The molecule has 1 saturated heterocycles. The summed E-state index contributed by atoms with van der Waals surface area (Å²) in [6.07, 6.45) is 5.20. The summed E-state index contributed by atoms with van der Waals surface area (Å²) in [6, 6.07) is 5.64. The topological polar surface area (TPSA) is 46.3 Å². The second-order valence-electron chi connectivity index (χ2n) is 5.18. The van der Waals surface area contributed by atoms with Crippen LogP contribution in [0.2, 0.25) is 5.02 Å². The number of thioether (sulfide) groups is 1. The summed E-state index contributed by atoms with van der Waals surface area (Å²) in [4.78, 5) is 15.6. The highest BCUT2D eigenvalue weighted by molar-refractivity contribution is 7.98. The Kier molecular flexibility index (Phi) is 5.75. The van der Waals surface area contributed by atoms with Gasteiger partial charge in [-0.05, 0) is 56.2 Å². The molecule has 1 aromatic rings. The van der Waals surface area contributed by atoms with Crippen molar-refractivity contribution < 1.29 is 4.79 Å². The van der Waals surface area contributed by atoms with Crippen LogP contribution in [-0.4, -0.2) is 36.7 Å². The van der Waals surface area contributed by atoms with E-state index in [2.05, 4.69) is 0 Å². The Bertz CT molecular complexity index is 479. The van der Waals surface area contributed by atoms with Gasteiger partial charge >= 0.3 is 0 Å². The fourth-order valence-corrected chi connectivity index (χ4v) is 3.32. The van der Waals surface area contributed by atoms with E-state index in [9.17, 15) is 4.79 Å². The van der Waals surface area contributed by atoms with Gasteiger partial charge in [-0.15, -0.1) is 11.8 Å².